The number of carbonyl (C=O) groups is 3. The maximum absolute atomic E-state index is 11.6. The number of hydrogen-bond donors (Lipinski definition) is 3. The van der Waals surface area contributed by atoms with Crippen molar-refractivity contribution in [1.82, 2.24) is 15.1 Å². The molecule has 18 heavy (non-hydrogen) atoms. The topological polar surface area (TPSA) is 110 Å². The van der Waals surface area contributed by atoms with E-state index in [1.54, 1.807) is 7.05 Å². The van der Waals surface area contributed by atoms with Crippen LogP contribution >= 0.6 is 0 Å². The average Bonchev–Trinajstić information content (AvgIpc) is 2.32. The van der Waals surface area contributed by atoms with Crippen LogP contribution in [0.5, 0.6) is 0 Å². The molecule has 1 rings (SSSR count). The molecule has 1 atom stereocenters. The molecule has 8 nitrogen and oxygen atoms in total. The van der Waals surface area contributed by atoms with Crippen LogP contribution in [0.2, 0.25) is 0 Å². The smallest absolute Gasteiger partial charge is 0.332 e. The van der Waals surface area contributed by atoms with Crippen molar-refractivity contribution in [2.45, 2.75) is 12.5 Å². The second-order valence-electron chi connectivity index (χ2n) is 4.11. The number of nitrogens with zero attached hydrogens (tertiary/aromatic N) is 2. The molecule has 0 aromatic heterocycles. The van der Waals surface area contributed by atoms with Gasteiger partial charge in [0.15, 0.2) is 6.10 Å². The van der Waals surface area contributed by atoms with Crippen LogP contribution in [0.15, 0.2) is 0 Å². The lowest BCUT2D eigenvalue weighted by Gasteiger charge is -2.31. The van der Waals surface area contributed by atoms with Gasteiger partial charge in [0.25, 0.3) is 0 Å². The van der Waals surface area contributed by atoms with Gasteiger partial charge in [-0.1, -0.05) is 0 Å². The van der Waals surface area contributed by atoms with Crippen molar-refractivity contribution in [2.75, 3.05) is 33.2 Å². The number of aliphatic hydroxyl groups excluding tert-OH is 1. The van der Waals surface area contributed by atoms with Gasteiger partial charge < -0.3 is 25.3 Å². The molecular formula is C10H17N3O5. The van der Waals surface area contributed by atoms with E-state index in [9.17, 15) is 14.4 Å². The van der Waals surface area contributed by atoms with Gasteiger partial charge in [0.1, 0.15) is 6.54 Å². The molecule has 0 aromatic carbocycles. The van der Waals surface area contributed by atoms with Crippen molar-refractivity contribution in [1.29, 1.82) is 0 Å². The number of carbonyl (C=O) groups excluding carboxylic acids is 2. The second-order valence-corrected chi connectivity index (χ2v) is 4.11. The quantitative estimate of drug-likeness (QED) is 0.557. The predicted molar refractivity (Wildman–Crippen MR) is 60.9 cm³/mol. The summed E-state index contributed by atoms with van der Waals surface area (Å²) >= 11 is 0. The summed E-state index contributed by atoms with van der Waals surface area (Å²) in [5.74, 6) is -1.46. The maximum atomic E-state index is 11.6. The number of carboxylic acid groups (broad SMARTS) is 1. The lowest BCUT2D eigenvalue weighted by Crippen LogP contribution is -2.53. The van der Waals surface area contributed by atoms with Crippen molar-refractivity contribution in [3.63, 3.8) is 0 Å². The number of likely N-dealkylation sites (N-methyl/N-ethyl adjacent to an activating group) is 1. The summed E-state index contributed by atoms with van der Waals surface area (Å²) in [6.45, 7) is 0.982. The van der Waals surface area contributed by atoms with Crippen molar-refractivity contribution >= 4 is 17.9 Å². The molecule has 0 bridgehead atoms. The SMILES string of the molecule is CN1CCN(C(=O)NCCC(O)C(=O)O)CC1=O. The highest BCUT2D eigenvalue weighted by molar-refractivity contribution is 5.85. The minimum atomic E-state index is -1.49. The fourth-order valence-electron chi connectivity index (χ4n) is 1.48. The molecule has 1 fully saturated rings. The fourth-order valence-corrected chi connectivity index (χ4v) is 1.48. The molecule has 0 saturated carbocycles. The molecule has 1 unspecified atom stereocenters. The Morgan fingerprint density at radius 3 is 2.67 bits per heavy atom. The van der Waals surface area contributed by atoms with Gasteiger partial charge in [-0.05, 0) is 0 Å². The zero-order valence-electron chi connectivity index (χ0n) is 10.1. The van der Waals surface area contributed by atoms with Crippen LogP contribution in [-0.4, -0.2) is 77.3 Å². The summed E-state index contributed by atoms with van der Waals surface area (Å²) in [5.41, 5.74) is 0. The van der Waals surface area contributed by atoms with Crippen LogP contribution in [0.25, 0.3) is 0 Å². The summed E-state index contributed by atoms with van der Waals surface area (Å²) in [6.07, 6.45) is -1.55. The Morgan fingerprint density at radius 2 is 2.11 bits per heavy atom. The molecule has 0 aromatic rings. The molecule has 0 aliphatic carbocycles. The first kappa shape index (κ1) is 14.2. The Morgan fingerprint density at radius 1 is 1.44 bits per heavy atom. The van der Waals surface area contributed by atoms with Crippen LogP contribution in [0.4, 0.5) is 4.79 Å². The Labute approximate surface area is 104 Å². The third kappa shape index (κ3) is 3.88. The third-order valence-electron chi connectivity index (χ3n) is 2.72. The predicted octanol–water partition coefficient (Wildman–Crippen LogP) is -1.69. The molecule has 1 aliphatic rings. The molecule has 0 radical (unpaired) electrons. The monoisotopic (exact) mass is 259 g/mol. The first-order chi connectivity index (χ1) is 8.41. The summed E-state index contributed by atoms with van der Waals surface area (Å²) in [4.78, 5) is 36.2. The van der Waals surface area contributed by atoms with Crippen LogP contribution in [0, 0.1) is 0 Å². The van der Waals surface area contributed by atoms with Crippen molar-refractivity contribution < 1.29 is 24.6 Å². The van der Waals surface area contributed by atoms with E-state index in [2.05, 4.69) is 5.32 Å². The van der Waals surface area contributed by atoms with Gasteiger partial charge in [0.2, 0.25) is 5.91 Å². The average molecular weight is 259 g/mol. The van der Waals surface area contributed by atoms with Crippen LogP contribution in [0.1, 0.15) is 6.42 Å². The van der Waals surface area contributed by atoms with E-state index in [-0.39, 0.29) is 25.4 Å². The highest BCUT2D eigenvalue weighted by atomic mass is 16.4. The van der Waals surface area contributed by atoms with E-state index in [1.165, 1.54) is 9.80 Å². The lowest BCUT2D eigenvalue weighted by molar-refractivity contribution is -0.146. The van der Waals surface area contributed by atoms with Gasteiger partial charge in [-0.3, -0.25) is 4.79 Å². The number of piperazine rings is 1. The maximum Gasteiger partial charge on any atom is 0.332 e. The highest BCUT2D eigenvalue weighted by Gasteiger charge is 2.24. The largest absolute Gasteiger partial charge is 0.479 e. The minimum Gasteiger partial charge on any atom is -0.479 e. The van der Waals surface area contributed by atoms with Gasteiger partial charge in [-0.25, -0.2) is 9.59 Å². The van der Waals surface area contributed by atoms with Gasteiger partial charge in [0.05, 0.1) is 0 Å². The van der Waals surface area contributed by atoms with Gasteiger partial charge in [-0.2, -0.15) is 0 Å². The molecule has 1 saturated heterocycles. The molecule has 102 valence electrons. The van der Waals surface area contributed by atoms with Gasteiger partial charge >= 0.3 is 12.0 Å². The van der Waals surface area contributed by atoms with E-state index < -0.39 is 18.1 Å². The second kappa shape index (κ2) is 6.20. The van der Waals surface area contributed by atoms with Crippen LogP contribution in [0.3, 0.4) is 0 Å². The lowest BCUT2D eigenvalue weighted by atomic mass is 10.2. The molecular weight excluding hydrogens is 242 g/mol. The summed E-state index contributed by atoms with van der Waals surface area (Å²) in [6, 6.07) is -0.422. The zero-order valence-corrected chi connectivity index (χ0v) is 10.1. The van der Waals surface area contributed by atoms with E-state index in [1.807, 2.05) is 0 Å². The highest BCUT2D eigenvalue weighted by Crippen LogP contribution is 2.01. The molecule has 8 heteroatoms. The molecule has 3 N–H and O–H groups in total. The van der Waals surface area contributed by atoms with Crippen LogP contribution in [-0.2, 0) is 9.59 Å². The molecule has 1 aliphatic heterocycles. The Balaban J connectivity index is 2.29. The minimum absolute atomic E-state index is 0.0177. The standard InChI is InChI=1S/C10H17N3O5/c1-12-4-5-13(6-8(12)15)10(18)11-3-2-7(14)9(16)17/h7,14H,2-6H2,1H3,(H,11,18)(H,16,17). The van der Waals surface area contributed by atoms with Crippen molar-refractivity contribution in [3.8, 4) is 0 Å². The number of hydrogen-bond acceptors (Lipinski definition) is 4. The number of amides is 3. The van der Waals surface area contributed by atoms with Crippen molar-refractivity contribution in [3.05, 3.63) is 0 Å². The molecule has 0 spiro atoms. The van der Waals surface area contributed by atoms with Gasteiger partial charge in [0, 0.05) is 33.1 Å². The summed E-state index contributed by atoms with van der Waals surface area (Å²) in [5, 5.41) is 19.9. The molecule has 3 amide bonds. The summed E-state index contributed by atoms with van der Waals surface area (Å²) in [7, 11) is 1.67. The van der Waals surface area contributed by atoms with Crippen molar-refractivity contribution in [2.24, 2.45) is 0 Å². The van der Waals surface area contributed by atoms with E-state index in [0.29, 0.717) is 13.1 Å². The van der Waals surface area contributed by atoms with E-state index >= 15 is 0 Å². The zero-order chi connectivity index (χ0) is 13.7. The fraction of sp³-hybridized carbons (Fsp3) is 0.700. The van der Waals surface area contributed by atoms with E-state index in [4.69, 9.17) is 10.2 Å². The first-order valence-electron chi connectivity index (χ1n) is 5.59. The Kier molecular flexibility index (Phi) is 4.90. The number of aliphatic hydroxyl groups is 1. The number of aliphatic carboxylic acids is 1. The van der Waals surface area contributed by atoms with Gasteiger partial charge in [-0.15, -0.1) is 0 Å². The summed E-state index contributed by atoms with van der Waals surface area (Å²) < 4.78 is 0. The van der Waals surface area contributed by atoms with Crippen LogP contribution < -0.4 is 5.32 Å². The molecule has 1 heterocycles. The first-order valence-corrected chi connectivity index (χ1v) is 5.59. The van der Waals surface area contributed by atoms with E-state index in [0.717, 1.165) is 0 Å². The number of rotatable bonds is 4. The number of urea groups is 1. The number of carboxylic acids is 1. The normalized spacial score (nSPS) is 17.6. The third-order valence-corrected chi connectivity index (χ3v) is 2.72. The number of nitrogens with one attached hydrogen (secondary N) is 1. The Bertz CT molecular complexity index is 346. The Hall–Kier alpha value is -1.83.